The third-order valence-electron chi connectivity index (χ3n) is 3.93. The second-order valence-corrected chi connectivity index (χ2v) is 6.66. The van der Waals surface area contributed by atoms with Crippen LogP contribution in [-0.4, -0.2) is 31.0 Å². The molecule has 25 heavy (non-hydrogen) atoms. The Morgan fingerprint density at radius 3 is 2.44 bits per heavy atom. The molecule has 1 N–H and O–H groups in total. The second-order valence-electron chi connectivity index (χ2n) is 5.72. The quantitative estimate of drug-likeness (QED) is 0.688. The van der Waals surface area contributed by atoms with E-state index < -0.39 is 0 Å². The number of hydrogen-bond donors (Lipinski definition) is 1. The fourth-order valence-corrected chi connectivity index (χ4v) is 3.44. The Labute approximate surface area is 151 Å². The van der Waals surface area contributed by atoms with Crippen LogP contribution in [0.4, 0.5) is 5.69 Å². The molecule has 0 saturated heterocycles. The van der Waals surface area contributed by atoms with Crippen LogP contribution in [0, 0.1) is 13.8 Å². The number of rotatable bonds is 6. The zero-order valence-electron chi connectivity index (χ0n) is 14.6. The van der Waals surface area contributed by atoms with Crippen molar-refractivity contribution in [2.45, 2.75) is 32.5 Å². The van der Waals surface area contributed by atoms with Crippen LogP contribution in [0.2, 0.25) is 0 Å². The molecule has 7 heteroatoms. The summed E-state index contributed by atoms with van der Waals surface area (Å²) in [5.41, 5.74) is 3.01. The highest BCUT2D eigenvalue weighted by molar-refractivity contribution is 7.99. The number of nitrogens with zero attached hydrogens (tertiary/aromatic N) is 4. The maximum atomic E-state index is 12.3. The standard InChI is InChI=1S/C18H21N5OS/c1-4-23-17(22-10-5-6-11-22)20-21-18(23)25-12-15(24)19-16-13(2)8-7-9-14(16)3/h5-11H,4,12H2,1-3H3,(H,19,24). The van der Waals surface area contributed by atoms with Gasteiger partial charge in [0.25, 0.3) is 0 Å². The summed E-state index contributed by atoms with van der Waals surface area (Å²) in [7, 11) is 0. The molecule has 0 atom stereocenters. The number of hydrogen-bond acceptors (Lipinski definition) is 4. The van der Waals surface area contributed by atoms with Crippen molar-refractivity contribution in [1.82, 2.24) is 19.3 Å². The normalized spacial score (nSPS) is 10.8. The van der Waals surface area contributed by atoms with Gasteiger partial charge in [0.05, 0.1) is 5.75 Å². The summed E-state index contributed by atoms with van der Waals surface area (Å²) in [6, 6.07) is 9.86. The molecule has 3 rings (SSSR count). The predicted octanol–water partition coefficient (Wildman–Crippen LogP) is 3.44. The van der Waals surface area contributed by atoms with E-state index in [4.69, 9.17) is 0 Å². The molecule has 0 spiro atoms. The molecule has 1 amide bonds. The van der Waals surface area contributed by atoms with E-state index in [1.54, 1.807) is 0 Å². The fraction of sp³-hybridized carbons (Fsp3) is 0.278. The van der Waals surface area contributed by atoms with Crippen molar-refractivity contribution in [2.75, 3.05) is 11.1 Å². The van der Waals surface area contributed by atoms with Crippen LogP contribution >= 0.6 is 11.8 Å². The van der Waals surface area contributed by atoms with Crippen molar-refractivity contribution in [3.63, 3.8) is 0 Å². The fourth-order valence-electron chi connectivity index (χ4n) is 2.64. The minimum atomic E-state index is -0.0458. The molecular weight excluding hydrogens is 334 g/mol. The van der Waals surface area contributed by atoms with Gasteiger partial charge in [-0.15, -0.1) is 10.2 Å². The molecule has 0 bridgehead atoms. The van der Waals surface area contributed by atoms with Crippen LogP contribution in [0.3, 0.4) is 0 Å². The van der Waals surface area contributed by atoms with Gasteiger partial charge in [-0.25, -0.2) is 0 Å². The number of carbonyl (C=O) groups is 1. The summed E-state index contributed by atoms with van der Waals surface area (Å²) in [6.07, 6.45) is 3.86. The SMILES string of the molecule is CCn1c(SCC(=O)Nc2c(C)cccc2C)nnc1-n1cccc1. The van der Waals surface area contributed by atoms with Gasteiger partial charge in [-0.2, -0.15) is 0 Å². The van der Waals surface area contributed by atoms with Gasteiger partial charge in [0, 0.05) is 24.6 Å². The van der Waals surface area contributed by atoms with E-state index in [9.17, 15) is 4.79 Å². The summed E-state index contributed by atoms with van der Waals surface area (Å²) in [5, 5.41) is 12.2. The molecule has 0 aliphatic carbocycles. The molecule has 0 fully saturated rings. The Bertz CT molecular complexity index is 849. The van der Waals surface area contributed by atoms with E-state index in [2.05, 4.69) is 15.5 Å². The van der Waals surface area contributed by atoms with Crippen LogP contribution in [0.15, 0.2) is 47.9 Å². The predicted molar refractivity (Wildman–Crippen MR) is 100 cm³/mol. The van der Waals surface area contributed by atoms with E-state index >= 15 is 0 Å². The molecule has 0 aliphatic heterocycles. The first kappa shape index (κ1) is 17.3. The Hall–Kier alpha value is -2.54. The van der Waals surface area contributed by atoms with Gasteiger partial charge in [-0.3, -0.25) is 13.9 Å². The maximum absolute atomic E-state index is 12.3. The minimum absolute atomic E-state index is 0.0458. The van der Waals surface area contributed by atoms with Crippen molar-refractivity contribution in [3.05, 3.63) is 53.9 Å². The second kappa shape index (κ2) is 7.57. The van der Waals surface area contributed by atoms with Gasteiger partial charge in [0.2, 0.25) is 11.9 Å². The van der Waals surface area contributed by atoms with Crippen molar-refractivity contribution in [1.29, 1.82) is 0 Å². The highest BCUT2D eigenvalue weighted by atomic mass is 32.2. The average molecular weight is 355 g/mol. The largest absolute Gasteiger partial charge is 0.325 e. The van der Waals surface area contributed by atoms with Crippen LogP contribution < -0.4 is 5.32 Å². The highest BCUT2D eigenvalue weighted by Gasteiger charge is 2.14. The average Bonchev–Trinajstić information content (AvgIpc) is 3.25. The molecule has 0 radical (unpaired) electrons. The van der Waals surface area contributed by atoms with E-state index in [0.29, 0.717) is 0 Å². The first-order chi connectivity index (χ1) is 12.1. The molecule has 1 aromatic carbocycles. The number of nitrogens with one attached hydrogen (secondary N) is 1. The number of aromatic nitrogens is 4. The lowest BCUT2D eigenvalue weighted by atomic mass is 10.1. The molecule has 6 nitrogen and oxygen atoms in total. The van der Waals surface area contributed by atoms with Crippen LogP contribution in [0.25, 0.3) is 5.95 Å². The number of amides is 1. The molecule has 0 saturated carbocycles. The molecule has 3 aromatic rings. The molecule has 0 unspecified atom stereocenters. The van der Waals surface area contributed by atoms with Gasteiger partial charge in [-0.1, -0.05) is 30.0 Å². The first-order valence-corrected chi connectivity index (χ1v) is 9.14. The van der Waals surface area contributed by atoms with E-state index in [0.717, 1.165) is 34.5 Å². The zero-order chi connectivity index (χ0) is 17.8. The summed E-state index contributed by atoms with van der Waals surface area (Å²) >= 11 is 1.39. The Balaban J connectivity index is 1.69. The lowest BCUT2D eigenvalue weighted by Crippen LogP contribution is -2.16. The minimum Gasteiger partial charge on any atom is -0.325 e. The van der Waals surface area contributed by atoms with Gasteiger partial charge in [0.1, 0.15) is 0 Å². The summed E-state index contributed by atoms with van der Waals surface area (Å²) in [6.45, 7) is 6.76. The summed E-state index contributed by atoms with van der Waals surface area (Å²) in [4.78, 5) is 12.3. The van der Waals surface area contributed by atoms with Gasteiger partial charge >= 0.3 is 0 Å². The Kier molecular flexibility index (Phi) is 5.23. The van der Waals surface area contributed by atoms with Gasteiger partial charge < -0.3 is 5.32 Å². The third kappa shape index (κ3) is 3.76. The number of aryl methyl sites for hydroxylation is 2. The van der Waals surface area contributed by atoms with Crippen molar-refractivity contribution >= 4 is 23.4 Å². The number of benzene rings is 1. The molecule has 130 valence electrons. The third-order valence-corrected chi connectivity index (χ3v) is 4.89. The van der Waals surface area contributed by atoms with Crippen molar-refractivity contribution < 1.29 is 4.79 Å². The van der Waals surface area contributed by atoms with E-state index in [1.807, 2.05) is 72.6 Å². The number of anilines is 1. The monoisotopic (exact) mass is 355 g/mol. The number of para-hydroxylation sites is 1. The zero-order valence-corrected chi connectivity index (χ0v) is 15.4. The molecule has 0 aliphatic rings. The Morgan fingerprint density at radius 2 is 1.80 bits per heavy atom. The topological polar surface area (TPSA) is 64.7 Å². The van der Waals surface area contributed by atoms with Gasteiger partial charge in [0.15, 0.2) is 5.16 Å². The molecular formula is C18H21N5OS. The highest BCUT2D eigenvalue weighted by Crippen LogP contribution is 2.22. The van der Waals surface area contributed by atoms with Gasteiger partial charge in [-0.05, 0) is 44.0 Å². The van der Waals surface area contributed by atoms with Crippen LogP contribution in [-0.2, 0) is 11.3 Å². The van der Waals surface area contributed by atoms with E-state index in [1.165, 1.54) is 11.8 Å². The number of thioether (sulfide) groups is 1. The Morgan fingerprint density at radius 1 is 1.12 bits per heavy atom. The smallest absolute Gasteiger partial charge is 0.236 e. The maximum Gasteiger partial charge on any atom is 0.236 e. The first-order valence-electron chi connectivity index (χ1n) is 8.15. The molecule has 2 aromatic heterocycles. The van der Waals surface area contributed by atoms with Crippen molar-refractivity contribution in [3.8, 4) is 5.95 Å². The van der Waals surface area contributed by atoms with Crippen LogP contribution in [0.5, 0.6) is 0 Å². The summed E-state index contributed by atoms with van der Waals surface area (Å²) in [5.74, 6) is 0.998. The lowest BCUT2D eigenvalue weighted by Gasteiger charge is -2.11. The summed E-state index contributed by atoms with van der Waals surface area (Å²) < 4.78 is 3.91. The van der Waals surface area contributed by atoms with Crippen LogP contribution in [0.1, 0.15) is 18.1 Å². The molecule has 2 heterocycles. The van der Waals surface area contributed by atoms with Crippen molar-refractivity contribution in [2.24, 2.45) is 0 Å². The number of carbonyl (C=O) groups excluding carboxylic acids is 1. The lowest BCUT2D eigenvalue weighted by molar-refractivity contribution is -0.113. The van der Waals surface area contributed by atoms with E-state index in [-0.39, 0.29) is 11.7 Å².